The Morgan fingerprint density at radius 1 is 1.35 bits per heavy atom. The average Bonchev–Trinajstić information content (AvgIpc) is 2.76. The number of anilines is 1. The number of amides is 1. The molecule has 0 spiro atoms. The maximum absolute atomic E-state index is 12.0. The lowest BCUT2D eigenvalue weighted by Crippen LogP contribution is -2.17. The van der Waals surface area contributed by atoms with E-state index in [1.165, 1.54) is 12.1 Å². The summed E-state index contributed by atoms with van der Waals surface area (Å²) in [6, 6.07) is 4.90. The Kier molecular flexibility index (Phi) is 5.15. The van der Waals surface area contributed by atoms with Crippen molar-refractivity contribution < 1.29 is 22.7 Å². The summed E-state index contributed by atoms with van der Waals surface area (Å²) in [4.78, 5) is 11.8. The van der Waals surface area contributed by atoms with E-state index < -0.39 is 6.36 Å². The van der Waals surface area contributed by atoms with Crippen molar-refractivity contribution in [1.82, 2.24) is 9.78 Å². The number of nitrogens with one attached hydrogen (secondary N) is 1. The van der Waals surface area contributed by atoms with Crippen LogP contribution < -0.4 is 10.1 Å². The van der Waals surface area contributed by atoms with Crippen LogP contribution in [0.25, 0.3) is 0 Å². The fraction of sp³-hybridized carbons (Fsp3) is 0.286. The summed E-state index contributed by atoms with van der Waals surface area (Å²) in [5, 5.41) is 7.21. The van der Waals surface area contributed by atoms with E-state index in [-0.39, 0.29) is 18.1 Å². The highest BCUT2D eigenvalue weighted by molar-refractivity contribution is 6.31. The van der Waals surface area contributed by atoms with Crippen molar-refractivity contribution >= 4 is 23.2 Å². The van der Waals surface area contributed by atoms with E-state index in [2.05, 4.69) is 15.2 Å². The highest BCUT2D eigenvalue weighted by Crippen LogP contribution is 2.24. The van der Waals surface area contributed by atoms with Gasteiger partial charge in [0.2, 0.25) is 5.91 Å². The topological polar surface area (TPSA) is 56.2 Å². The minimum absolute atomic E-state index is 0.151. The van der Waals surface area contributed by atoms with Crippen LogP contribution in [0.15, 0.2) is 30.5 Å². The van der Waals surface area contributed by atoms with Gasteiger partial charge in [-0.25, -0.2) is 0 Å². The van der Waals surface area contributed by atoms with Crippen LogP contribution in [0.2, 0.25) is 5.02 Å². The summed E-state index contributed by atoms with van der Waals surface area (Å²) in [5.41, 5.74) is 1.05. The van der Waals surface area contributed by atoms with Gasteiger partial charge in [0.1, 0.15) is 5.75 Å². The second-order valence-corrected chi connectivity index (χ2v) is 5.10. The maximum atomic E-state index is 12.0. The SMILES string of the molecule is Cc1nn(CCC(=O)Nc2ccc(OC(F)(F)F)cc2)cc1Cl. The van der Waals surface area contributed by atoms with Crippen LogP contribution in [0.1, 0.15) is 12.1 Å². The summed E-state index contributed by atoms with van der Waals surface area (Å²) in [6.07, 6.45) is -2.97. The van der Waals surface area contributed by atoms with Gasteiger partial charge in [-0.05, 0) is 31.2 Å². The number of aromatic nitrogens is 2. The molecule has 2 rings (SSSR count). The molecular weight excluding hydrogens is 335 g/mol. The fourth-order valence-corrected chi connectivity index (χ4v) is 1.94. The highest BCUT2D eigenvalue weighted by atomic mass is 35.5. The molecule has 0 atom stereocenters. The van der Waals surface area contributed by atoms with Crippen LogP contribution in [0.3, 0.4) is 0 Å². The minimum Gasteiger partial charge on any atom is -0.406 e. The van der Waals surface area contributed by atoms with Gasteiger partial charge in [0.25, 0.3) is 0 Å². The lowest BCUT2D eigenvalue weighted by atomic mass is 10.3. The second kappa shape index (κ2) is 6.91. The van der Waals surface area contributed by atoms with Gasteiger partial charge in [-0.1, -0.05) is 11.6 Å². The third kappa shape index (κ3) is 5.48. The predicted octanol–water partition coefficient (Wildman–Crippen LogP) is 3.77. The van der Waals surface area contributed by atoms with Crippen molar-refractivity contribution in [2.75, 3.05) is 5.32 Å². The molecule has 1 amide bonds. The largest absolute Gasteiger partial charge is 0.573 e. The minimum atomic E-state index is -4.74. The van der Waals surface area contributed by atoms with E-state index in [1.54, 1.807) is 17.8 Å². The molecule has 1 heterocycles. The highest BCUT2D eigenvalue weighted by Gasteiger charge is 2.30. The molecule has 0 fully saturated rings. The molecule has 2 aromatic rings. The monoisotopic (exact) mass is 347 g/mol. The van der Waals surface area contributed by atoms with Crippen LogP contribution in [-0.2, 0) is 11.3 Å². The summed E-state index contributed by atoms with van der Waals surface area (Å²) >= 11 is 5.86. The van der Waals surface area contributed by atoms with E-state index in [0.717, 1.165) is 12.1 Å². The zero-order chi connectivity index (χ0) is 17.0. The number of carbonyl (C=O) groups excluding carboxylic acids is 1. The lowest BCUT2D eigenvalue weighted by molar-refractivity contribution is -0.274. The molecule has 0 aliphatic heterocycles. The van der Waals surface area contributed by atoms with Gasteiger partial charge in [0.05, 0.1) is 10.7 Å². The van der Waals surface area contributed by atoms with E-state index in [9.17, 15) is 18.0 Å². The first-order valence-electron chi connectivity index (χ1n) is 6.58. The van der Waals surface area contributed by atoms with E-state index in [0.29, 0.717) is 22.9 Å². The number of benzene rings is 1. The van der Waals surface area contributed by atoms with Gasteiger partial charge in [-0.15, -0.1) is 13.2 Å². The number of nitrogens with zero attached hydrogens (tertiary/aromatic N) is 2. The van der Waals surface area contributed by atoms with Gasteiger partial charge in [-0.2, -0.15) is 5.10 Å². The molecule has 0 aliphatic carbocycles. The predicted molar refractivity (Wildman–Crippen MR) is 78.3 cm³/mol. The Hall–Kier alpha value is -2.22. The molecule has 1 aromatic carbocycles. The Morgan fingerprint density at radius 3 is 2.52 bits per heavy atom. The Bertz CT molecular complexity index is 664. The number of rotatable bonds is 5. The Balaban J connectivity index is 1.85. The molecule has 124 valence electrons. The van der Waals surface area contributed by atoms with Crippen LogP contribution in [-0.4, -0.2) is 22.1 Å². The number of hydrogen-bond donors (Lipinski definition) is 1. The number of halogens is 4. The van der Waals surface area contributed by atoms with Crippen LogP contribution in [0.4, 0.5) is 18.9 Å². The molecule has 1 N–H and O–H groups in total. The van der Waals surface area contributed by atoms with Crippen LogP contribution >= 0.6 is 11.6 Å². The van der Waals surface area contributed by atoms with Gasteiger partial charge in [0.15, 0.2) is 0 Å². The summed E-state index contributed by atoms with van der Waals surface area (Å²) in [5.74, 6) is -0.643. The van der Waals surface area contributed by atoms with Gasteiger partial charge in [0, 0.05) is 24.8 Å². The zero-order valence-electron chi connectivity index (χ0n) is 12.0. The third-order valence-corrected chi connectivity index (χ3v) is 3.20. The van der Waals surface area contributed by atoms with Crippen molar-refractivity contribution in [2.45, 2.75) is 26.3 Å². The number of ether oxygens (including phenoxy) is 1. The maximum Gasteiger partial charge on any atom is 0.573 e. The van der Waals surface area contributed by atoms with E-state index in [4.69, 9.17) is 11.6 Å². The summed E-state index contributed by atoms with van der Waals surface area (Å²) < 4.78 is 41.4. The van der Waals surface area contributed by atoms with E-state index in [1.807, 2.05) is 0 Å². The molecule has 0 bridgehead atoms. The van der Waals surface area contributed by atoms with Crippen molar-refractivity contribution in [1.29, 1.82) is 0 Å². The van der Waals surface area contributed by atoms with Crippen molar-refractivity contribution in [3.05, 3.63) is 41.2 Å². The number of alkyl halides is 3. The molecule has 1 aromatic heterocycles. The van der Waals surface area contributed by atoms with Crippen molar-refractivity contribution in [3.8, 4) is 5.75 Å². The number of carbonyl (C=O) groups is 1. The Morgan fingerprint density at radius 2 is 2.00 bits per heavy atom. The first-order valence-corrected chi connectivity index (χ1v) is 6.96. The standard InChI is InChI=1S/C14H13ClF3N3O2/c1-9-12(15)8-21(20-9)7-6-13(22)19-10-2-4-11(5-3-10)23-14(16,17)18/h2-5,8H,6-7H2,1H3,(H,19,22). The lowest BCUT2D eigenvalue weighted by Gasteiger charge is -2.10. The first-order chi connectivity index (χ1) is 10.7. The average molecular weight is 348 g/mol. The molecule has 9 heteroatoms. The molecule has 0 unspecified atom stereocenters. The zero-order valence-corrected chi connectivity index (χ0v) is 12.8. The smallest absolute Gasteiger partial charge is 0.406 e. The fourth-order valence-electron chi connectivity index (χ4n) is 1.79. The van der Waals surface area contributed by atoms with Crippen LogP contribution in [0, 0.1) is 6.92 Å². The van der Waals surface area contributed by atoms with E-state index >= 15 is 0 Å². The summed E-state index contributed by atoms with van der Waals surface area (Å²) in [7, 11) is 0. The number of hydrogen-bond acceptors (Lipinski definition) is 3. The molecule has 0 saturated heterocycles. The van der Waals surface area contributed by atoms with Crippen molar-refractivity contribution in [3.63, 3.8) is 0 Å². The second-order valence-electron chi connectivity index (χ2n) is 4.70. The number of aryl methyl sites for hydroxylation is 2. The van der Waals surface area contributed by atoms with Crippen molar-refractivity contribution in [2.24, 2.45) is 0 Å². The van der Waals surface area contributed by atoms with Crippen LogP contribution in [0.5, 0.6) is 5.75 Å². The van der Waals surface area contributed by atoms with Gasteiger partial charge < -0.3 is 10.1 Å². The molecular formula is C14H13ClF3N3O2. The van der Waals surface area contributed by atoms with Gasteiger partial charge >= 0.3 is 6.36 Å². The molecule has 0 saturated carbocycles. The first kappa shape index (κ1) is 17.1. The normalized spacial score (nSPS) is 11.3. The van der Waals surface area contributed by atoms with Gasteiger partial charge in [-0.3, -0.25) is 9.48 Å². The quantitative estimate of drug-likeness (QED) is 0.895. The third-order valence-electron chi connectivity index (χ3n) is 2.83. The molecule has 23 heavy (non-hydrogen) atoms. The molecule has 0 radical (unpaired) electrons. The Labute approximate surface area is 135 Å². The molecule has 5 nitrogen and oxygen atoms in total. The summed E-state index contributed by atoms with van der Waals surface area (Å²) in [6.45, 7) is 2.10. The molecule has 0 aliphatic rings.